The van der Waals surface area contributed by atoms with Crippen molar-refractivity contribution in [2.75, 3.05) is 19.6 Å². The van der Waals surface area contributed by atoms with Crippen LogP contribution in [0.5, 0.6) is 0 Å². The Balaban J connectivity index is 1.91. The minimum Gasteiger partial charge on any atom is -0.304 e. The highest BCUT2D eigenvalue weighted by molar-refractivity contribution is 7.99. The Morgan fingerprint density at radius 3 is 1.90 bits per heavy atom. The van der Waals surface area contributed by atoms with Gasteiger partial charge in [-0.25, -0.2) is 0 Å². The Bertz CT molecular complexity index is 559. The molecule has 0 atom stereocenters. The first-order valence-electron chi connectivity index (χ1n) is 7.91. The fourth-order valence-electron chi connectivity index (χ4n) is 3.17. The highest BCUT2D eigenvalue weighted by Gasteiger charge is 2.25. The number of rotatable bonds is 5. The summed E-state index contributed by atoms with van der Waals surface area (Å²) in [5.74, 6) is 0.541. The number of fused-ring (bicyclic) bond motifs is 2. The van der Waals surface area contributed by atoms with Gasteiger partial charge >= 0.3 is 0 Å². The first kappa shape index (κ1) is 14.7. The summed E-state index contributed by atoms with van der Waals surface area (Å²) in [5.41, 5.74) is 3.02. The van der Waals surface area contributed by atoms with E-state index in [1.165, 1.54) is 33.9 Å². The number of benzene rings is 2. The average molecular weight is 297 g/mol. The van der Waals surface area contributed by atoms with E-state index in [0.717, 1.165) is 13.1 Å². The number of hydrogen-bond donors (Lipinski definition) is 0. The van der Waals surface area contributed by atoms with Crippen molar-refractivity contribution in [1.82, 2.24) is 4.90 Å². The second-order valence-electron chi connectivity index (χ2n) is 5.55. The smallest absolute Gasteiger partial charge is 0.0160 e. The van der Waals surface area contributed by atoms with Crippen LogP contribution < -0.4 is 0 Å². The van der Waals surface area contributed by atoms with E-state index < -0.39 is 0 Å². The zero-order valence-corrected chi connectivity index (χ0v) is 13.7. The van der Waals surface area contributed by atoms with Crippen LogP contribution >= 0.6 is 11.8 Å². The lowest BCUT2D eigenvalue weighted by Crippen LogP contribution is -2.26. The largest absolute Gasteiger partial charge is 0.304 e. The van der Waals surface area contributed by atoms with Crippen molar-refractivity contribution < 1.29 is 0 Å². The molecule has 2 heteroatoms. The summed E-state index contributed by atoms with van der Waals surface area (Å²) < 4.78 is 0. The molecule has 3 rings (SSSR count). The molecule has 0 unspecified atom stereocenters. The van der Waals surface area contributed by atoms with Gasteiger partial charge in [0, 0.05) is 15.7 Å². The van der Waals surface area contributed by atoms with Crippen molar-refractivity contribution in [1.29, 1.82) is 0 Å². The third-order valence-corrected chi connectivity index (χ3v) is 5.62. The van der Waals surface area contributed by atoms with Crippen molar-refractivity contribution in [3.05, 3.63) is 59.7 Å². The quantitative estimate of drug-likeness (QED) is 0.762. The molecule has 110 valence electrons. The summed E-state index contributed by atoms with van der Waals surface area (Å²) in [4.78, 5) is 5.38. The first-order valence-corrected chi connectivity index (χ1v) is 8.73. The molecular weight excluding hydrogens is 274 g/mol. The molecule has 0 aromatic heterocycles. The molecule has 0 radical (unpaired) electrons. The van der Waals surface area contributed by atoms with E-state index in [9.17, 15) is 0 Å². The molecule has 0 amide bonds. The lowest BCUT2D eigenvalue weighted by atomic mass is 9.88. The maximum Gasteiger partial charge on any atom is 0.0160 e. The Morgan fingerprint density at radius 2 is 1.38 bits per heavy atom. The minimum absolute atomic E-state index is 0.541. The molecule has 1 heterocycles. The van der Waals surface area contributed by atoms with Gasteiger partial charge in [-0.2, -0.15) is 0 Å². The second kappa shape index (κ2) is 6.67. The van der Waals surface area contributed by atoms with Gasteiger partial charge < -0.3 is 4.90 Å². The summed E-state index contributed by atoms with van der Waals surface area (Å²) in [6.45, 7) is 7.96. The van der Waals surface area contributed by atoms with Crippen LogP contribution in [0, 0.1) is 0 Å². The molecule has 0 aliphatic carbocycles. The molecule has 0 saturated carbocycles. The van der Waals surface area contributed by atoms with Gasteiger partial charge in [-0.1, -0.05) is 62.0 Å². The minimum atomic E-state index is 0.541. The summed E-state index contributed by atoms with van der Waals surface area (Å²) in [6.07, 6.45) is 1.20. The molecule has 21 heavy (non-hydrogen) atoms. The van der Waals surface area contributed by atoms with Crippen molar-refractivity contribution in [2.45, 2.75) is 36.0 Å². The van der Waals surface area contributed by atoms with E-state index in [4.69, 9.17) is 0 Å². The predicted molar refractivity (Wildman–Crippen MR) is 91.3 cm³/mol. The fraction of sp³-hybridized carbons (Fsp3) is 0.368. The first-order chi connectivity index (χ1) is 10.3. The molecule has 0 bridgehead atoms. The Hall–Kier alpha value is -1.25. The molecule has 1 aliphatic heterocycles. The molecule has 2 aromatic carbocycles. The molecular formula is C19H23NS. The molecule has 1 nitrogen and oxygen atoms in total. The molecule has 0 saturated heterocycles. The molecule has 0 spiro atoms. The van der Waals surface area contributed by atoms with E-state index in [1.807, 2.05) is 11.8 Å². The average Bonchev–Trinajstić information content (AvgIpc) is 2.54. The summed E-state index contributed by atoms with van der Waals surface area (Å²) >= 11 is 1.92. The van der Waals surface area contributed by atoms with Crippen LogP contribution in [0.25, 0.3) is 0 Å². The maximum atomic E-state index is 2.52. The van der Waals surface area contributed by atoms with E-state index in [1.54, 1.807) is 0 Å². The van der Waals surface area contributed by atoms with Crippen molar-refractivity contribution in [3.8, 4) is 0 Å². The van der Waals surface area contributed by atoms with Gasteiger partial charge in [0.15, 0.2) is 0 Å². The van der Waals surface area contributed by atoms with Gasteiger partial charge in [0.25, 0.3) is 0 Å². The van der Waals surface area contributed by atoms with E-state index in [2.05, 4.69) is 67.3 Å². The van der Waals surface area contributed by atoms with Gasteiger partial charge in [0.1, 0.15) is 0 Å². The van der Waals surface area contributed by atoms with Crippen LogP contribution in [0.3, 0.4) is 0 Å². The van der Waals surface area contributed by atoms with E-state index in [-0.39, 0.29) is 0 Å². The Kier molecular flexibility index (Phi) is 4.67. The van der Waals surface area contributed by atoms with Crippen LogP contribution in [-0.2, 0) is 0 Å². The topological polar surface area (TPSA) is 3.24 Å². The zero-order valence-electron chi connectivity index (χ0n) is 12.9. The van der Waals surface area contributed by atoms with Crippen molar-refractivity contribution in [3.63, 3.8) is 0 Å². The van der Waals surface area contributed by atoms with Gasteiger partial charge in [-0.3, -0.25) is 0 Å². The maximum absolute atomic E-state index is 2.52. The van der Waals surface area contributed by atoms with Crippen LogP contribution in [0.4, 0.5) is 0 Å². The third-order valence-electron chi connectivity index (χ3n) is 4.44. The monoisotopic (exact) mass is 297 g/mol. The van der Waals surface area contributed by atoms with Gasteiger partial charge in [0.05, 0.1) is 0 Å². The number of hydrogen-bond acceptors (Lipinski definition) is 2. The summed E-state index contributed by atoms with van der Waals surface area (Å²) in [6, 6.07) is 17.8. The van der Waals surface area contributed by atoms with E-state index >= 15 is 0 Å². The van der Waals surface area contributed by atoms with Crippen molar-refractivity contribution >= 4 is 11.8 Å². The van der Waals surface area contributed by atoms with Crippen LogP contribution in [0.2, 0.25) is 0 Å². The standard InChI is InChI=1S/C19H23NS/c1-3-20(4-2)14-13-15-16-9-5-7-11-18(16)21-19-12-8-6-10-17(15)19/h5-12,15H,3-4,13-14H2,1-2H3. The van der Waals surface area contributed by atoms with Gasteiger partial charge in [-0.15, -0.1) is 0 Å². The lowest BCUT2D eigenvalue weighted by Gasteiger charge is -2.29. The van der Waals surface area contributed by atoms with Crippen LogP contribution in [-0.4, -0.2) is 24.5 Å². The molecule has 2 aromatic rings. The summed E-state index contributed by atoms with van der Waals surface area (Å²) in [7, 11) is 0. The molecule has 1 aliphatic rings. The van der Waals surface area contributed by atoms with Gasteiger partial charge in [0.2, 0.25) is 0 Å². The highest BCUT2D eigenvalue weighted by Crippen LogP contribution is 2.46. The lowest BCUT2D eigenvalue weighted by molar-refractivity contribution is 0.294. The normalized spacial score (nSPS) is 14.0. The molecule has 0 fully saturated rings. The Morgan fingerprint density at radius 1 is 0.857 bits per heavy atom. The van der Waals surface area contributed by atoms with Gasteiger partial charge in [-0.05, 0) is 49.3 Å². The second-order valence-corrected chi connectivity index (χ2v) is 6.63. The van der Waals surface area contributed by atoms with Crippen LogP contribution in [0.15, 0.2) is 58.3 Å². The van der Waals surface area contributed by atoms with Crippen LogP contribution in [0.1, 0.15) is 37.3 Å². The zero-order chi connectivity index (χ0) is 14.7. The SMILES string of the molecule is CCN(CC)CCC1c2ccccc2Sc2ccccc21. The summed E-state index contributed by atoms with van der Waals surface area (Å²) in [5, 5.41) is 0. The van der Waals surface area contributed by atoms with Crippen molar-refractivity contribution in [2.24, 2.45) is 0 Å². The van der Waals surface area contributed by atoms with E-state index in [0.29, 0.717) is 5.92 Å². The number of nitrogens with zero attached hydrogens (tertiary/aromatic N) is 1. The fourth-order valence-corrected chi connectivity index (χ4v) is 4.36. The molecule has 0 N–H and O–H groups in total. The third kappa shape index (κ3) is 3.02. The Labute approximate surface area is 132 Å². The highest BCUT2D eigenvalue weighted by atomic mass is 32.2. The predicted octanol–water partition coefficient (Wildman–Crippen LogP) is 5.02.